The number of hydrogen-bond acceptors (Lipinski definition) is 3. The van der Waals surface area contributed by atoms with Gasteiger partial charge in [0.05, 0.1) is 5.56 Å². The third-order valence-electron chi connectivity index (χ3n) is 2.08. The fourth-order valence-electron chi connectivity index (χ4n) is 1.41. The van der Waals surface area contributed by atoms with E-state index in [-0.39, 0.29) is 5.56 Å². The van der Waals surface area contributed by atoms with Crippen LogP contribution in [0.15, 0.2) is 4.79 Å². The van der Waals surface area contributed by atoms with Gasteiger partial charge in [-0.2, -0.15) is 0 Å². The van der Waals surface area contributed by atoms with Crippen molar-refractivity contribution in [2.45, 2.75) is 39.5 Å². The van der Waals surface area contributed by atoms with E-state index < -0.39 is 0 Å². The Labute approximate surface area is 83.6 Å². The number of nitrogens with one attached hydrogen (secondary N) is 1. The fraction of sp³-hybridized carbons (Fsp3) is 0.600. The van der Waals surface area contributed by atoms with Crippen molar-refractivity contribution in [3.8, 4) is 0 Å². The van der Waals surface area contributed by atoms with Crippen molar-refractivity contribution in [2.24, 2.45) is 0 Å². The minimum Gasteiger partial charge on any atom is -0.383 e. The van der Waals surface area contributed by atoms with Gasteiger partial charge < -0.3 is 10.7 Å². The second kappa shape index (κ2) is 4.79. The third kappa shape index (κ3) is 2.34. The first-order valence-corrected chi connectivity index (χ1v) is 5.06. The minimum absolute atomic E-state index is 0.0807. The van der Waals surface area contributed by atoms with E-state index in [4.69, 9.17) is 5.73 Å². The van der Waals surface area contributed by atoms with Crippen LogP contribution in [0.1, 0.15) is 38.1 Å². The minimum atomic E-state index is -0.0807. The maximum atomic E-state index is 11.6. The van der Waals surface area contributed by atoms with E-state index in [2.05, 4.69) is 9.97 Å². The highest BCUT2D eigenvalue weighted by Gasteiger charge is 2.06. The molecule has 0 unspecified atom stereocenters. The topological polar surface area (TPSA) is 71.8 Å². The quantitative estimate of drug-likeness (QED) is 0.759. The SMILES string of the molecule is CCCc1nc(N)c(CCC)c(=O)[nH]1. The van der Waals surface area contributed by atoms with Crippen LogP contribution in [-0.2, 0) is 12.8 Å². The molecule has 78 valence electrons. The Balaban J connectivity index is 3.05. The van der Waals surface area contributed by atoms with Gasteiger partial charge in [-0.1, -0.05) is 20.3 Å². The molecular formula is C10H17N3O. The first kappa shape index (κ1) is 10.8. The van der Waals surface area contributed by atoms with Gasteiger partial charge in [-0.25, -0.2) is 4.98 Å². The van der Waals surface area contributed by atoms with Crippen LogP contribution in [0.25, 0.3) is 0 Å². The molecule has 0 aliphatic heterocycles. The molecule has 0 amide bonds. The standard InChI is InChI=1S/C10H17N3O/c1-3-5-7-9(11)12-8(6-4-2)13-10(7)14/h3-6H2,1-2H3,(H3,11,12,13,14). The van der Waals surface area contributed by atoms with Gasteiger partial charge in [-0.15, -0.1) is 0 Å². The summed E-state index contributed by atoms with van der Waals surface area (Å²) in [6.07, 6.45) is 3.32. The zero-order valence-electron chi connectivity index (χ0n) is 8.76. The second-order valence-corrected chi connectivity index (χ2v) is 3.38. The van der Waals surface area contributed by atoms with E-state index in [0.717, 1.165) is 19.3 Å². The average molecular weight is 195 g/mol. The Hall–Kier alpha value is -1.32. The summed E-state index contributed by atoms with van der Waals surface area (Å²) in [7, 11) is 0. The smallest absolute Gasteiger partial charge is 0.256 e. The van der Waals surface area contributed by atoms with Gasteiger partial charge in [0.2, 0.25) is 0 Å². The molecular weight excluding hydrogens is 178 g/mol. The van der Waals surface area contributed by atoms with Crippen LogP contribution >= 0.6 is 0 Å². The molecule has 0 saturated carbocycles. The highest BCUT2D eigenvalue weighted by atomic mass is 16.1. The molecule has 14 heavy (non-hydrogen) atoms. The molecule has 0 aromatic carbocycles. The molecule has 4 heteroatoms. The van der Waals surface area contributed by atoms with E-state index >= 15 is 0 Å². The number of rotatable bonds is 4. The number of hydrogen-bond donors (Lipinski definition) is 2. The lowest BCUT2D eigenvalue weighted by atomic mass is 10.2. The Kier molecular flexibility index (Phi) is 3.68. The lowest BCUT2D eigenvalue weighted by Gasteiger charge is -2.04. The summed E-state index contributed by atoms with van der Waals surface area (Å²) in [5, 5.41) is 0. The maximum absolute atomic E-state index is 11.6. The molecule has 1 rings (SSSR count). The zero-order chi connectivity index (χ0) is 10.6. The summed E-state index contributed by atoms with van der Waals surface area (Å²) >= 11 is 0. The zero-order valence-corrected chi connectivity index (χ0v) is 8.76. The van der Waals surface area contributed by atoms with Crippen LogP contribution in [0, 0.1) is 0 Å². The second-order valence-electron chi connectivity index (χ2n) is 3.38. The molecule has 0 aliphatic carbocycles. The van der Waals surface area contributed by atoms with Crippen molar-refractivity contribution in [1.82, 2.24) is 9.97 Å². The molecule has 0 fully saturated rings. The summed E-state index contributed by atoms with van der Waals surface area (Å²) in [6, 6.07) is 0. The molecule has 1 aromatic rings. The van der Waals surface area contributed by atoms with Gasteiger partial charge in [0.15, 0.2) is 0 Å². The molecule has 4 nitrogen and oxygen atoms in total. The monoisotopic (exact) mass is 195 g/mol. The summed E-state index contributed by atoms with van der Waals surface area (Å²) < 4.78 is 0. The van der Waals surface area contributed by atoms with Crippen LogP contribution < -0.4 is 11.3 Å². The van der Waals surface area contributed by atoms with E-state index in [1.807, 2.05) is 13.8 Å². The molecule has 1 heterocycles. The number of aromatic amines is 1. The van der Waals surface area contributed by atoms with Gasteiger partial charge in [0, 0.05) is 6.42 Å². The fourth-order valence-corrected chi connectivity index (χ4v) is 1.41. The molecule has 0 bridgehead atoms. The first-order valence-electron chi connectivity index (χ1n) is 5.06. The average Bonchev–Trinajstić information content (AvgIpc) is 2.12. The van der Waals surface area contributed by atoms with Crippen molar-refractivity contribution < 1.29 is 0 Å². The number of nitrogen functional groups attached to an aromatic ring is 1. The van der Waals surface area contributed by atoms with E-state index in [1.54, 1.807) is 0 Å². The van der Waals surface area contributed by atoms with Crippen LogP contribution in [0.4, 0.5) is 5.82 Å². The predicted octanol–water partition coefficient (Wildman–Crippen LogP) is 1.26. The summed E-state index contributed by atoms with van der Waals surface area (Å²) in [4.78, 5) is 18.5. The lowest BCUT2D eigenvalue weighted by molar-refractivity contribution is 0.806. The molecule has 0 aliphatic rings. The van der Waals surface area contributed by atoms with Crippen molar-refractivity contribution in [2.75, 3.05) is 5.73 Å². The highest BCUT2D eigenvalue weighted by Crippen LogP contribution is 2.06. The summed E-state index contributed by atoms with van der Waals surface area (Å²) in [6.45, 7) is 4.05. The maximum Gasteiger partial charge on any atom is 0.256 e. The Morgan fingerprint density at radius 2 is 1.93 bits per heavy atom. The van der Waals surface area contributed by atoms with Crippen LogP contribution in [0.5, 0.6) is 0 Å². The van der Waals surface area contributed by atoms with E-state index in [1.165, 1.54) is 0 Å². The molecule has 0 saturated heterocycles. The summed E-state index contributed by atoms with van der Waals surface area (Å²) in [5.41, 5.74) is 6.24. The Bertz CT molecular complexity index is 357. The van der Waals surface area contributed by atoms with Crippen molar-refractivity contribution in [3.63, 3.8) is 0 Å². The highest BCUT2D eigenvalue weighted by molar-refractivity contribution is 5.37. The van der Waals surface area contributed by atoms with Crippen LogP contribution in [-0.4, -0.2) is 9.97 Å². The molecule has 0 atom stereocenters. The normalized spacial score (nSPS) is 10.4. The van der Waals surface area contributed by atoms with Crippen molar-refractivity contribution in [3.05, 3.63) is 21.7 Å². The van der Waals surface area contributed by atoms with Crippen LogP contribution in [0.2, 0.25) is 0 Å². The van der Waals surface area contributed by atoms with Gasteiger partial charge in [-0.05, 0) is 12.8 Å². The number of nitrogens with zero attached hydrogens (tertiary/aromatic N) is 1. The Morgan fingerprint density at radius 3 is 2.43 bits per heavy atom. The predicted molar refractivity (Wildman–Crippen MR) is 57.3 cm³/mol. The van der Waals surface area contributed by atoms with Gasteiger partial charge in [0.1, 0.15) is 11.6 Å². The van der Waals surface area contributed by atoms with E-state index in [0.29, 0.717) is 23.6 Å². The number of aryl methyl sites for hydroxylation is 1. The molecule has 0 radical (unpaired) electrons. The number of nitrogens with two attached hydrogens (primary N) is 1. The largest absolute Gasteiger partial charge is 0.383 e. The number of aromatic nitrogens is 2. The van der Waals surface area contributed by atoms with Crippen LogP contribution in [0.3, 0.4) is 0 Å². The molecule has 1 aromatic heterocycles. The molecule has 0 spiro atoms. The number of anilines is 1. The summed E-state index contributed by atoms with van der Waals surface area (Å²) in [5.74, 6) is 1.08. The van der Waals surface area contributed by atoms with Gasteiger partial charge >= 0.3 is 0 Å². The Morgan fingerprint density at radius 1 is 1.29 bits per heavy atom. The first-order chi connectivity index (χ1) is 6.69. The van der Waals surface area contributed by atoms with Gasteiger partial charge in [0.25, 0.3) is 5.56 Å². The number of H-pyrrole nitrogens is 1. The van der Waals surface area contributed by atoms with E-state index in [9.17, 15) is 4.79 Å². The third-order valence-corrected chi connectivity index (χ3v) is 2.08. The lowest BCUT2D eigenvalue weighted by Crippen LogP contribution is -2.19. The van der Waals surface area contributed by atoms with Crippen molar-refractivity contribution >= 4 is 5.82 Å². The molecule has 3 N–H and O–H groups in total. The van der Waals surface area contributed by atoms with Crippen molar-refractivity contribution in [1.29, 1.82) is 0 Å². The van der Waals surface area contributed by atoms with Gasteiger partial charge in [-0.3, -0.25) is 4.79 Å².